The molecule has 1 aromatic rings. The first-order valence-corrected chi connectivity index (χ1v) is 8.52. The first kappa shape index (κ1) is 15.0. The number of hydrogen-bond acceptors (Lipinski definition) is 4. The molecule has 0 unspecified atom stereocenters. The summed E-state index contributed by atoms with van der Waals surface area (Å²) in [6.07, 6.45) is 1.16. The van der Waals surface area contributed by atoms with E-state index in [1.807, 2.05) is 6.92 Å². The molecule has 0 bridgehead atoms. The molecule has 110 valence electrons. The van der Waals surface area contributed by atoms with Crippen LogP contribution in [0.5, 0.6) is 0 Å². The van der Waals surface area contributed by atoms with Crippen LogP contribution in [0.25, 0.3) is 0 Å². The zero-order valence-corrected chi connectivity index (χ0v) is 12.8. The van der Waals surface area contributed by atoms with E-state index in [1.54, 1.807) is 24.0 Å². The third-order valence-electron chi connectivity index (χ3n) is 3.60. The Bertz CT molecular complexity index is 625. The molecule has 1 aliphatic rings. The molecule has 0 radical (unpaired) electrons. The van der Waals surface area contributed by atoms with Crippen molar-refractivity contribution in [2.24, 2.45) is 0 Å². The molecule has 1 fully saturated rings. The lowest BCUT2D eigenvalue weighted by atomic mass is 10.1. The van der Waals surface area contributed by atoms with E-state index in [0.29, 0.717) is 17.7 Å². The van der Waals surface area contributed by atoms with Gasteiger partial charge in [-0.2, -0.15) is 0 Å². The summed E-state index contributed by atoms with van der Waals surface area (Å²) in [6, 6.07) is 4.98. The number of piperazine rings is 1. The lowest BCUT2D eigenvalue weighted by Crippen LogP contribution is -2.52. The predicted molar refractivity (Wildman–Crippen MR) is 77.7 cm³/mol. The Morgan fingerprint density at radius 3 is 2.70 bits per heavy atom. The highest BCUT2D eigenvalue weighted by Crippen LogP contribution is 2.19. The van der Waals surface area contributed by atoms with Gasteiger partial charge in [-0.15, -0.1) is 0 Å². The van der Waals surface area contributed by atoms with Crippen molar-refractivity contribution in [3.63, 3.8) is 0 Å². The Kier molecular flexibility index (Phi) is 4.15. The highest BCUT2D eigenvalue weighted by molar-refractivity contribution is 7.90. The van der Waals surface area contributed by atoms with Gasteiger partial charge < -0.3 is 10.2 Å². The summed E-state index contributed by atoms with van der Waals surface area (Å²) < 4.78 is 23.5. The summed E-state index contributed by atoms with van der Waals surface area (Å²) >= 11 is 0. The van der Waals surface area contributed by atoms with Crippen LogP contribution < -0.4 is 5.32 Å². The minimum atomic E-state index is -3.32. The molecule has 0 aromatic heterocycles. The third-order valence-corrected chi connectivity index (χ3v) is 4.84. The summed E-state index contributed by atoms with van der Waals surface area (Å²) in [5, 5.41) is 3.23. The van der Waals surface area contributed by atoms with Crippen LogP contribution in [0.2, 0.25) is 0 Å². The summed E-state index contributed by atoms with van der Waals surface area (Å²) in [7, 11) is -3.32. The van der Waals surface area contributed by atoms with Crippen LogP contribution in [0.3, 0.4) is 0 Å². The highest BCUT2D eigenvalue weighted by Gasteiger charge is 2.25. The van der Waals surface area contributed by atoms with Gasteiger partial charge in [-0.05, 0) is 31.5 Å². The molecule has 2 rings (SSSR count). The van der Waals surface area contributed by atoms with Crippen molar-refractivity contribution in [1.29, 1.82) is 0 Å². The number of aryl methyl sites for hydroxylation is 1. The van der Waals surface area contributed by atoms with Crippen molar-refractivity contribution in [3.8, 4) is 0 Å². The van der Waals surface area contributed by atoms with Gasteiger partial charge in [0.1, 0.15) is 0 Å². The molecular formula is C14H20N2O3S. The Hall–Kier alpha value is -1.40. The first-order chi connectivity index (χ1) is 9.30. The average Bonchev–Trinajstić information content (AvgIpc) is 2.37. The maximum Gasteiger partial charge on any atom is 0.254 e. The lowest BCUT2D eigenvalue weighted by molar-refractivity contribution is 0.0655. The fourth-order valence-corrected chi connectivity index (χ4v) is 3.44. The summed E-state index contributed by atoms with van der Waals surface area (Å²) in [5.41, 5.74) is 1.10. The van der Waals surface area contributed by atoms with Crippen molar-refractivity contribution in [2.45, 2.75) is 24.8 Å². The second-order valence-corrected chi connectivity index (χ2v) is 7.29. The molecule has 1 aromatic carbocycles. The van der Waals surface area contributed by atoms with Gasteiger partial charge in [0.25, 0.3) is 5.91 Å². The number of nitrogens with zero attached hydrogens (tertiary/aromatic N) is 1. The van der Waals surface area contributed by atoms with Crippen molar-refractivity contribution < 1.29 is 13.2 Å². The molecule has 1 saturated heterocycles. The van der Waals surface area contributed by atoms with Gasteiger partial charge in [-0.1, -0.05) is 6.07 Å². The van der Waals surface area contributed by atoms with Crippen LogP contribution in [0, 0.1) is 6.92 Å². The molecule has 0 saturated carbocycles. The minimum absolute atomic E-state index is 0.107. The number of carbonyl (C=O) groups excluding carboxylic acids is 1. The van der Waals surface area contributed by atoms with E-state index in [0.717, 1.165) is 19.3 Å². The molecule has 1 atom stereocenters. The number of benzene rings is 1. The van der Waals surface area contributed by atoms with Gasteiger partial charge in [0.15, 0.2) is 9.84 Å². The zero-order chi connectivity index (χ0) is 14.9. The fourth-order valence-electron chi connectivity index (χ4n) is 2.44. The molecular weight excluding hydrogens is 276 g/mol. The van der Waals surface area contributed by atoms with E-state index in [2.05, 4.69) is 5.32 Å². The topological polar surface area (TPSA) is 66.5 Å². The second-order valence-electron chi connectivity index (χ2n) is 5.30. The Morgan fingerprint density at radius 1 is 1.40 bits per heavy atom. The van der Waals surface area contributed by atoms with Crippen molar-refractivity contribution in [2.75, 3.05) is 25.9 Å². The highest BCUT2D eigenvalue weighted by atomic mass is 32.2. The number of hydrogen-bond donors (Lipinski definition) is 1. The number of nitrogens with one attached hydrogen (secondary N) is 1. The van der Waals surface area contributed by atoms with E-state index < -0.39 is 9.84 Å². The number of amides is 1. The quantitative estimate of drug-likeness (QED) is 0.878. The SMILES string of the molecule is Cc1ccc(C(=O)N2CCNC[C@@H]2C)cc1S(C)(=O)=O. The molecule has 20 heavy (non-hydrogen) atoms. The largest absolute Gasteiger partial charge is 0.333 e. The van der Waals surface area contributed by atoms with Gasteiger partial charge in [0.2, 0.25) is 0 Å². The van der Waals surface area contributed by atoms with Crippen LogP contribution in [0.1, 0.15) is 22.8 Å². The molecule has 1 N–H and O–H groups in total. The maximum atomic E-state index is 12.5. The Balaban J connectivity index is 2.36. The Labute approximate surface area is 119 Å². The van der Waals surface area contributed by atoms with Crippen LogP contribution in [0.4, 0.5) is 0 Å². The van der Waals surface area contributed by atoms with Crippen LogP contribution in [-0.2, 0) is 9.84 Å². The van der Waals surface area contributed by atoms with E-state index in [9.17, 15) is 13.2 Å². The first-order valence-electron chi connectivity index (χ1n) is 6.63. The van der Waals surface area contributed by atoms with E-state index in [1.165, 1.54) is 6.07 Å². The van der Waals surface area contributed by atoms with Gasteiger partial charge in [0.05, 0.1) is 4.90 Å². The van der Waals surface area contributed by atoms with Crippen LogP contribution in [-0.4, -0.2) is 51.2 Å². The van der Waals surface area contributed by atoms with E-state index in [4.69, 9.17) is 0 Å². The summed E-state index contributed by atoms with van der Waals surface area (Å²) in [4.78, 5) is 14.5. The Morgan fingerprint density at radius 2 is 2.10 bits per heavy atom. The van der Waals surface area contributed by atoms with Crippen LogP contribution in [0.15, 0.2) is 23.1 Å². The van der Waals surface area contributed by atoms with E-state index in [-0.39, 0.29) is 16.8 Å². The van der Waals surface area contributed by atoms with Crippen LogP contribution >= 0.6 is 0 Å². The van der Waals surface area contributed by atoms with E-state index >= 15 is 0 Å². The van der Waals surface area contributed by atoms with Gasteiger partial charge in [0, 0.05) is 37.5 Å². The molecule has 0 aliphatic carbocycles. The van der Waals surface area contributed by atoms with Crippen molar-refractivity contribution in [3.05, 3.63) is 29.3 Å². The van der Waals surface area contributed by atoms with Gasteiger partial charge in [-0.3, -0.25) is 4.79 Å². The van der Waals surface area contributed by atoms with Crippen molar-refractivity contribution >= 4 is 15.7 Å². The maximum absolute atomic E-state index is 12.5. The minimum Gasteiger partial charge on any atom is -0.333 e. The molecule has 6 heteroatoms. The fraction of sp³-hybridized carbons (Fsp3) is 0.500. The standard InChI is InChI=1S/C14H20N2O3S/c1-10-4-5-12(8-13(10)20(3,18)19)14(17)16-7-6-15-9-11(16)2/h4-5,8,11,15H,6-7,9H2,1-3H3/t11-/m0/s1. The lowest BCUT2D eigenvalue weighted by Gasteiger charge is -2.34. The number of carbonyl (C=O) groups is 1. The van der Waals surface area contributed by atoms with Gasteiger partial charge in [-0.25, -0.2) is 8.42 Å². The molecule has 1 amide bonds. The van der Waals surface area contributed by atoms with Gasteiger partial charge >= 0.3 is 0 Å². The van der Waals surface area contributed by atoms with Crippen molar-refractivity contribution in [1.82, 2.24) is 10.2 Å². The smallest absolute Gasteiger partial charge is 0.254 e. The normalized spacial score (nSPS) is 19.9. The number of sulfone groups is 1. The second kappa shape index (κ2) is 5.54. The average molecular weight is 296 g/mol. The molecule has 0 spiro atoms. The molecule has 1 heterocycles. The summed E-state index contributed by atoms with van der Waals surface area (Å²) in [5.74, 6) is -0.107. The monoisotopic (exact) mass is 296 g/mol. The predicted octanol–water partition coefficient (Wildman–Crippen LogP) is 0.832. The number of rotatable bonds is 2. The zero-order valence-electron chi connectivity index (χ0n) is 12.0. The molecule has 5 nitrogen and oxygen atoms in total. The summed E-state index contributed by atoms with van der Waals surface area (Å²) in [6.45, 7) is 5.88. The third kappa shape index (κ3) is 3.02. The molecule has 1 aliphatic heterocycles.